The molecule has 0 aliphatic carbocycles. The summed E-state index contributed by atoms with van der Waals surface area (Å²) < 4.78 is 0. The van der Waals surface area contributed by atoms with E-state index in [0.29, 0.717) is 18.1 Å². The zero-order valence-electron chi connectivity index (χ0n) is 17.0. The van der Waals surface area contributed by atoms with Crippen molar-refractivity contribution in [1.29, 1.82) is 0 Å². The smallest absolute Gasteiger partial charge is 0.225 e. The van der Waals surface area contributed by atoms with Crippen LogP contribution in [-0.4, -0.2) is 29.2 Å². The van der Waals surface area contributed by atoms with E-state index in [9.17, 15) is 4.79 Å². The lowest BCUT2D eigenvalue weighted by Crippen LogP contribution is -2.43. The topological polar surface area (TPSA) is 58.1 Å². The number of aromatic nitrogens is 2. The van der Waals surface area contributed by atoms with Gasteiger partial charge in [-0.1, -0.05) is 53.6 Å². The van der Waals surface area contributed by atoms with E-state index in [1.54, 1.807) is 0 Å². The quantitative estimate of drug-likeness (QED) is 0.653. The Hall–Kier alpha value is -2.92. The van der Waals surface area contributed by atoms with Gasteiger partial charge in [-0.3, -0.25) is 4.79 Å². The van der Waals surface area contributed by atoms with Crippen molar-refractivity contribution in [3.8, 4) is 11.3 Å². The van der Waals surface area contributed by atoms with Crippen LogP contribution >= 0.6 is 11.6 Å². The first-order chi connectivity index (χ1) is 14.6. The minimum atomic E-state index is -0.0699. The van der Waals surface area contributed by atoms with E-state index in [1.807, 2.05) is 48.5 Å². The third-order valence-electron chi connectivity index (χ3n) is 5.49. The summed E-state index contributed by atoms with van der Waals surface area (Å²) >= 11 is 6.19. The van der Waals surface area contributed by atoms with Gasteiger partial charge in [0, 0.05) is 30.2 Å². The molecule has 1 aliphatic heterocycles. The third-order valence-corrected chi connectivity index (χ3v) is 5.86. The molecule has 4 rings (SSSR count). The molecule has 1 atom stereocenters. The van der Waals surface area contributed by atoms with Gasteiger partial charge < -0.3 is 10.2 Å². The molecule has 1 N–H and O–H groups in total. The molecular formula is C24H25ClN4O. The number of halogens is 1. The summed E-state index contributed by atoms with van der Waals surface area (Å²) in [7, 11) is 0. The van der Waals surface area contributed by atoms with Crippen LogP contribution in [0.5, 0.6) is 0 Å². The van der Waals surface area contributed by atoms with Crippen LogP contribution in [0.15, 0.2) is 60.7 Å². The van der Waals surface area contributed by atoms with Gasteiger partial charge in [0.1, 0.15) is 0 Å². The fourth-order valence-corrected chi connectivity index (χ4v) is 4.02. The lowest BCUT2D eigenvalue weighted by molar-refractivity contribution is -0.125. The molecule has 5 nitrogen and oxygen atoms in total. The molecule has 1 fully saturated rings. The van der Waals surface area contributed by atoms with Gasteiger partial charge in [-0.2, -0.15) is 0 Å². The third kappa shape index (κ3) is 4.79. The fourth-order valence-electron chi connectivity index (χ4n) is 3.82. The maximum Gasteiger partial charge on any atom is 0.225 e. The van der Waals surface area contributed by atoms with Crippen LogP contribution in [0, 0.1) is 12.8 Å². The lowest BCUT2D eigenvalue weighted by atomic mass is 9.97. The van der Waals surface area contributed by atoms with Crippen LogP contribution in [0.2, 0.25) is 5.02 Å². The molecule has 0 bridgehead atoms. The maximum atomic E-state index is 12.7. The zero-order chi connectivity index (χ0) is 20.9. The van der Waals surface area contributed by atoms with E-state index in [0.717, 1.165) is 42.0 Å². The molecular weight excluding hydrogens is 396 g/mol. The Morgan fingerprint density at radius 2 is 2.00 bits per heavy atom. The van der Waals surface area contributed by atoms with Gasteiger partial charge in [-0.25, -0.2) is 0 Å². The molecule has 154 valence electrons. The average Bonchev–Trinajstić information content (AvgIpc) is 2.78. The highest BCUT2D eigenvalue weighted by Gasteiger charge is 2.26. The molecule has 30 heavy (non-hydrogen) atoms. The zero-order valence-corrected chi connectivity index (χ0v) is 17.8. The normalized spacial score (nSPS) is 16.3. The second-order valence-corrected chi connectivity index (χ2v) is 8.15. The molecule has 1 aromatic heterocycles. The molecule has 3 aromatic rings. The summed E-state index contributed by atoms with van der Waals surface area (Å²) in [5.74, 6) is 0.804. The highest BCUT2D eigenvalue weighted by atomic mass is 35.5. The second kappa shape index (κ2) is 9.26. The standard InChI is InChI=1S/C24H25ClN4O/c1-17-6-4-8-18(14-17)22-11-12-23(28-27-22)29-13-5-9-20(16-29)24(30)26-15-19-7-2-3-10-21(19)25/h2-4,6-8,10-12,14,20H,5,9,13,15-16H2,1H3,(H,26,30)/t20-/m1/s1. The van der Waals surface area contributed by atoms with Crippen LogP contribution in [0.25, 0.3) is 11.3 Å². The van der Waals surface area contributed by atoms with Crippen molar-refractivity contribution in [2.45, 2.75) is 26.3 Å². The van der Waals surface area contributed by atoms with E-state index in [2.05, 4.69) is 39.5 Å². The molecule has 1 aliphatic rings. The van der Waals surface area contributed by atoms with Gasteiger partial charge in [0.05, 0.1) is 11.6 Å². The van der Waals surface area contributed by atoms with Crippen molar-refractivity contribution in [3.05, 3.63) is 76.8 Å². The van der Waals surface area contributed by atoms with Crippen LogP contribution in [0.3, 0.4) is 0 Å². The van der Waals surface area contributed by atoms with Crippen LogP contribution in [0.1, 0.15) is 24.0 Å². The minimum Gasteiger partial charge on any atom is -0.354 e. The Bertz CT molecular complexity index is 1020. The number of hydrogen-bond donors (Lipinski definition) is 1. The average molecular weight is 421 g/mol. The highest BCUT2D eigenvalue weighted by molar-refractivity contribution is 6.31. The predicted molar refractivity (Wildman–Crippen MR) is 120 cm³/mol. The Morgan fingerprint density at radius 1 is 1.13 bits per heavy atom. The number of carbonyl (C=O) groups is 1. The van der Waals surface area contributed by atoms with E-state index < -0.39 is 0 Å². The van der Waals surface area contributed by atoms with Gasteiger partial charge in [-0.15, -0.1) is 10.2 Å². The molecule has 1 saturated heterocycles. The van der Waals surface area contributed by atoms with Gasteiger partial charge in [0.15, 0.2) is 5.82 Å². The van der Waals surface area contributed by atoms with Crippen molar-refractivity contribution < 1.29 is 4.79 Å². The van der Waals surface area contributed by atoms with Crippen molar-refractivity contribution in [2.24, 2.45) is 5.92 Å². The molecule has 2 aromatic carbocycles. The van der Waals surface area contributed by atoms with Crippen LogP contribution in [0.4, 0.5) is 5.82 Å². The number of nitrogens with zero attached hydrogens (tertiary/aromatic N) is 3. The summed E-state index contributed by atoms with van der Waals surface area (Å²) in [5, 5.41) is 12.6. The van der Waals surface area contributed by atoms with Crippen molar-refractivity contribution in [2.75, 3.05) is 18.0 Å². The molecule has 6 heteroatoms. The lowest BCUT2D eigenvalue weighted by Gasteiger charge is -2.32. The van der Waals surface area contributed by atoms with E-state index in [-0.39, 0.29) is 11.8 Å². The first-order valence-electron chi connectivity index (χ1n) is 10.3. The Kier molecular flexibility index (Phi) is 6.29. The molecule has 2 heterocycles. The van der Waals surface area contributed by atoms with Crippen molar-refractivity contribution in [3.63, 3.8) is 0 Å². The monoisotopic (exact) mass is 420 g/mol. The fraction of sp³-hybridized carbons (Fsp3) is 0.292. The van der Waals surface area contributed by atoms with Gasteiger partial charge in [0.25, 0.3) is 0 Å². The molecule has 0 radical (unpaired) electrons. The molecule has 0 saturated carbocycles. The summed E-state index contributed by atoms with van der Waals surface area (Å²) in [6.45, 7) is 4.04. The molecule has 1 amide bonds. The summed E-state index contributed by atoms with van der Waals surface area (Å²) in [5.41, 5.74) is 4.04. The van der Waals surface area contributed by atoms with E-state index in [4.69, 9.17) is 11.6 Å². The number of amides is 1. The number of anilines is 1. The number of aryl methyl sites for hydroxylation is 1. The largest absolute Gasteiger partial charge is 0.354 e. The van der Waals surface area contributed by atoms with E-state index >= 15 is 0 Å². The van der Waals surface area contributed by atoms with Gasteiger partial charge >= 0.3 is 0 Å². The Labute approximate surface area is 182 Å². The minimum absolute atomic E-state index is 0.0592. The SMILES string of the molecule is Cc1cccc(-c2ccc(N3CCC[C@@H](C(=O)NCc4ccccc4Cl)C3)nn2)c1. The summed E-state index contributed by atoms with van der Waals surface area (Å²) in [4.78, 5) is 14.9. The van der Waals surface area contributed by atoms with Crippen LogP contribution < -0.4 is 10.2 Å². The first-order valence-corrected chi connectivity index (χ1v) is 10.6. The molecule has 0 spiro atoms. The Morgan fingerprint density at radius 3 is 2.77 bits per heavy atom. The number of carbonyl (C=O) groups excluding carboxylic acids is 1. The Balaban J connectivity index is 1.38. The van der Waals surface area contributed by atoms with Crippen LogP contribution in [-0.2, 0) is 11.3 Å². The number of rotatable bonds is 5. The predicted octanol–water partition coefficient (Wildman–Crippen LogP) is 4.64. The van der Waals surface area contributed by atoms with Gasteiger partial charge in [0.2, 0.25) is 5.91 Å². The number of nitrogens with one attached hydrogen (secondary N) is 1. The highest BCUT2D eigenvalue weighted by Crippen LogP contribution is 2.24. The maximum absolute atomic E-state index is 12.7. The number of piperidine rings is 1. The van der Waals surface area contributed by atoms with Gasteiger partial charge in [-0.05, 0) is 49.6 Å². The second-order valence-electron chi connectivity index (χ2n) is 7.74. The first kappa shape index (κ1) is 20.4. The summed E-state index contributed by atoms with van der Waals surface area (Å²) in [6, 6.07) is 19.8. The number of benzene rings is 2. The molecule has 0 unspecified atom stereocenters. The van der Waals surface area contributed by atoms with E-state index in [1.165, 1.54) is 5.56 Å². The number of hydrogen-bond acceptors (Lipinski definition) is 4. The van der Waals surface area contributed by atoms with Crippen molar-refractivity contribution >= 4 is 23.3 Å². The van der Waals surface area contributed by atoms with Crippen molar-refractivity contribution in [1.82, 2.24) is 15.5 Å². The summed E-state index contributed by atoms with van der Waals surface area (Å²) in [6.07, 6.45) is 1.82.